The molecule has 1 aromatic carbocycles. The van der Waals surface area contributed by atoms with Crippen molar-refractivity contribution >= 4 is 11.6 Å². The first-order valence-corrected chi connectivity index (χ1v) is 6.86. The van der Waals surface area contributed by atoms with E-state index in [1.165, 1.54) is 0 Å². The number of likely N-dealkylation sites (N-methyl/N-ethyl adjacent to an activating group) is 1. The minimum absolute atomic E-state index is 0.0414. The predicted octanol–water partition coefficient (Wildman–Crippen LogP) is 2.11. The highest BCUT2D eigenvalue weighted by Crippen LogP contribution is 2.27. The Kier molecular flexibility index (Phi) is 4.43. The molecule has 1 N–H and O–H groups in total. The average molecular weight is 262 g/mol. The molecular formula is C15H22N2O2. The van der Waals surface area contributed by atoms with Gasteiger partial charge in [-0.2, -0.15) is 0 Å². The van der Waals surface area contributed by atoms with E-state index < -0.39 is 0 Å². The van der Waals surface area contributed by atoms with Crippen molar-refractivity contribution in [3.05, 3.63) is 23.8 Å². The van der Waals surface area contributed by atoms with Crippen LogP contribution in [0.2, 0.25) is 0 Å². The number of carbonyl (C=O) groups excluding carboxylic acids is 1. The Labute approximate surface area is 114 Å². The van der Waals surface area contributed by atoms with Crippen molar-refractivity contribution < 1.29 is 9.53 Å². The third-order valence-corrected chi connectivity index (χ3v) is 3.58. The first kappa shape index (κ1) is 13.9. The fourth-order valence-corrected chi connectivity index (χ4v) is 2.61. The Balaban J connectivity index is 2.23. The first-order valence-electron chi connectivity index (χ1n) is 6.86. The number of piperidine rings is 1. The Morgan fingerprint density at radius 3 is 2.89 bits per heavy atom. The van der Waals surface area contributed by atoms with Gasteiger partial charge in [0, 0.05) is 12.2 Å². The molecule has 1 aromatic rings. The lowest BCUT2D eigenvalue weighted by molar-refractivity contribution is -0.121. The summed E-state index contributed by atoms with van der Waals surface area (Å²) in [5.41, 5.74) is 2.07. The number of hydrogen-bond acceptors (Lipinski definition) is 3. The van der Waals surface area contributed by atoms with Crippen molar-refractivity contribution in [2.24, 2.45) is 0 Å². The quantitative estimate of drug-likeness (QED) is 0.903. The number of anilines is 1. The van der Waals surface area contributed by atoms with Gasteiger partial charge in [0.2, 0.25) is 5.91 Å². The van der Waals surface area contributed by atoms with E-state index in [1.807, 2.05) is 36.9 Å². The topological polar surface area (TPSA) is 41.6 Å². The average Bonchev–Trinajstić information content (AvgIpc) is 2.42. The van der Waals surface area contributed by atoms with Crippen molar-refractivity contribution in [2.75, 3.05) is 25.1 Å². The maximum atomic E-state index is 12.5. The van der Waals surface area contributed by atoms with Crippen molar-refractivity contribution in [3.63, 3.8) is 0 Å². The number of carbonyl (C=O) groups is 1. The van der Waals surface area contributed by atoms with E-state index >= 15 is 0 Å². The highest BCUT2D eigenvalue weighted by molar-refractivity contribution is 5.98. The summed E-state index contributed by atoms with van der Waals surface area (Å²) in [5, 5.41) is 3.26. The highest BCUT2D eigenvalue weighted by Gasteiger charge is 2.29. The Hall–Kier alpha value is -1.55. The molecule has 4 nitrogen and oxygen atoms in total. The number of ether oxygens (including phenoxy) is 1. The summed E-state index contributed by atoms with van der Waals surface area (Å²) in [6.45, 7) is 5.67. The third kappa shape index (κ3) is 2.89. The van der Waals surface area contributed by atoms with Gasteiger partial charge < -0.3 is 15.0 Å². The molecule has 1 fully saturated rings. The summed E-state index contributed by atoms with van der Waals surface area (Å²) in [6.07, 6.45) is 1.97. The molecule has 1 aliphatic heterocycles. The maximum Gasteiger partial charge on any atom is 0.244 e. The van der Waals surface area contributed by atoms with Crippen LogP contribution in [-0.4, -0.2) is 32.1 Å². The molecule has 1 saturated heterocycles. The molecule has 2 rings (SSSR count). The summed E-state index contributed by atoms with van der Waals surface area (Å²) in [6, 6.07) is 5.81. The van der Waals surface area contributed by atoms with Crippen molar-refractivity contribution in [1.82, 2.24) is 5.32 Å². The SMILES string of the molecule is CCNC1CCCN(c2ccc(OC)cc2C)C1=O. The number of hydrogen-bond donors (Lipinski definition) is 1. The second-order valence-corrected chi connectivity index (χ2v) is 4.89. The molecule has 0 bridgehead atoms. The zero-order valence-electron chi connectivity index (χ0n) is 11.9. The molecule has 1 amide bonds. The number of aryl methyl sites for hydroxylation is 1. The van der Waals surface area contributed by atoms with Crippen LogP contribution in [0.15, 0.2) is 18.2 Å². The van der Waals surface area contributed by atoms with Crippen LogP contribution in [0.1, 0.15) is 25.3 Å². The third-order valence-electron chi connectivity index (χ3n) is 3.58. The molecule has 1 heterocycles. The van der Waals surface area contributed by atoms with Gasteiger partial charge in [-0.3, -0.25) is 4.79 Å². The molecule has 4 heteroatoms. The number of nitrogens with one attached hydrogen (secondary N) is 1. The van der Waals surface area contributed by atoms with E-state index in [0.717, 1.165) is 42.9 Å². The van der Waals surface area contributed by atoms with Crippen LogP contribution in [0.4, 0.5) is 5.69 Å². The van der Waals surface area contributed by atoms with Crippen LogP contribution < -0.4 is 15.0 Å². The minimum Gasteiger partial charge on any atom is -0.497 e. The van der Waals surface area contributed by atoms with Gasteiger partial charge in [-0.25, -0.2) is 0 Å². The number of nitrogens with zero attached hydrogens (tertiary/aromatic N) is 1. The molecule has 1 atom stereocenters. The van der Waals surface area contributed by atoms with Gasteiger partial charge >= 0.3 is 0 Å². The van der Waals surface area contributed by atoms with E-state index in [9.17, 15) is 4.79 Å². The van der Waals surface area contributed by atoms with E-state index in [-0.39, 0.29) is 11.9 Å². The molecule has 0 aliphatic carbocycles. The first-order chi connectivity index (χ1) is 9.17. The molecule has 0 aromatic heterocycles. The Bertz CT molecular complexity index is 457. The van der Waals surface area contributed by atoms with Crippen LogP contribution >= 0.6 is 0 Å². The zero-order chi connectivity index (χ0) is 13.8. The molecule has 104 valence electrons. The molecule has 1 unspecified atom stereocenters. The number of amides is 1. The summed E-state index contributed by atoms with van der Waals surface area (Å²) in [4.78, 5) is 14.3. The maximum absolute atomic E-state index is 12.5. The predicted molar refractivity (Wildman–Crippen MR) is 76.8 cm³/mol. The van der Waals surface area contributed by atoms with Crippen LogP contribution in [-0.2, 0) is 4.79 Å². The van der Waals surface area contributed by atoms with Crippen molar-refractivity contribution in [3.8, 4) is 5.75 Å². The van der Waals surface area contributed by atoms with Crippen LogP contribution in [0, 0.1) is 6.92 Å². The second-order valence-electron chi connectivity index (χ2n) is 4.89. The Morgan fingerprint density at radius 1 is 1.47 bits per heavy atom. The monoisotopic (exact) mass is 262 g/mol. The van der Waals surface area contributed by atoms with E-state index in [0.29, 0.717) is 0 Å². The molecule has 0 saturated carbocycles. The van der Waals surface area contributed by atoms with Crippen LogP contribution in [0.3, 0.4) is 0 Å². The van der Waals surface area contributed by atoms with Gasteiger partial charge in [-0.15, -0.1) is 0 Å². The molecule has 19 heavy (non-hydrogen) atoms. The van der Waals surface area contributed by atoms with Gasteiger partial charge in [0.05, 0.1) is 13.2 Å². The van der Waals surface area contributed by atoms with E-state index in [4.69, 9.17) is 4.74 Å². The lowest BCUT2D eigenvalue weighted by atomic mass is 10.0. The summed E-state index contributed by atoms with van der Waals surface area (Å²) < 4.78 is 5.21. The van der Waals surface area contributed by atoms with Gasteiger partial charge in [0.15, 0.2) is 0 Å². The lowest BCUT2D eigenvalue weighted by Crippen LogP contribution is -2.51. The van der Waals surface area contributed by atoms with Gasteiger partial charge in [0.1, 0.15) is 5.75 Å². The van der Waals surface area contributed by atoms with Crippen molar-refractivity contribution in [1.29, 1.82) is 0 Å². The second kappa shape index (κ2) is 6.06. The summed E-state index contributed by atoms with van der Waals surface area (Å²) in [5.74, 6) is 1.01. The van der Waals surface area contributed by atoms with Crippen LogP contribution in [0.25, 0.3) is 0 Å². The molecule has 0 spiro atoms. The molecular weight excluding hydrogens is 240 g/mol. The number of rotatable bonds is 4. The van der Waals surface area contributed by atoms with Crippen LogP contribution in [0.5, 0.6) is 5.75 Å². The molecule has 0 radical (unpaired) electrons. The Morgan fingerprint density at radius 2 is 2.26 bits per heavy atom. The fraction of sp³-hybridized carbons (Fsp3) is 0.533. The smallest absolute Gasteiger partial charge is 0.244 e. The zero-order valence-corrected chi connectivity index (χ0v) is 11.9. The minimum atomic E-state index is -0.0414. The van der Waals surface area contributed by atoms with Gasteiger partial charge in [-0.1, -0.05) is 6.92 Å². The van der Waals surface area contributed by atoms with Crippen molar-refractivity contribution in [2.45, 2.75) is 32.7 Å². The largest absolute Gasteiger partial charge is 0.497 e. The standard InChI is InChI=1S/C15H22N2O2/c1-4-16-13-6-5-9-17(15(13)18)14-8-7-12(19-3)10-11(14)2/h7-8,10,13,16H,4-6,9H2,1-3H3. The molecule has 1 aliphatic rings. The fourth-order valence-electron chi connectivity index (χ4n) is 2.61. The number of benzene rings is 1. The van der Waals surface area contributed by atoms with Gasteiger partial charge in [0.25, 0.3) is 0 Å². The lowest BCUT2D eigenvalue weighted by Gasteiger charge is -2.33. The van der Waals surface area contributed by atoms with E-state index in [1.54, 1.807) is 7.11 Å². The van der Waals surface area contributed by atoms with E-state index in [2.05, 4.69) is 5.32 Å². The summed E-state index contributed by atoms with van der Waals surface area (Å²) in [7, 11) is 1.65. The van der Waals surface area contributed by atoms with Gasteiger partial charge in [-0.05, 0) is 50.1 Å². The number of methoxy groups -OCH3 is 1. The summed E-state index contributed by atoms with van der Waals surface area (Å²) >= 11 is 0. The normalized spacial score (nSPS) is 19.6. The highest BCUT2D eigenvalue weighted by atomic mass is 16.5.